The van der Waals surface area contributed by atoms with Crippen molar-refractivity contribution < 1.29 is 4.74 Å². The highest BCUT2D eigenvalue weighted by atomic mass is 16.5. The molecule has 1 aromatic heterocycles. The molecule has 4 heteroatoms. The molecule has 0 radical (unpaired) electrons. The van der Waals surface area contributed by atoms with Crippen LogP contribution in [0, 0.1) is 0 Å². The van der Waals surface area contributed by atoms with Crippen LogP contribution in [0.2, 0.25) is 0 Å². The largest absolute Gasteiger partial charge is 0.383 e. The van der Waals surface area contributed by atoms with Crippen LogP contribution in [-0.4, -0.2) is 31.3 Å². The van der Waals surface area contributed by atoms with Gasteiger partial charge in [0.15, 0.2) is 0 Å². The Labute approximate surface area is 97.2 Å². The summed E-state index contributed by atoms with van der Waals surface area (Å²) in [6.45, 7) is 2.22. The summed E-state index contributed by atoms with van der Waals surface area (Å²) in [5.74, 6) is 0. The van der Waals surface area contributed by atoms with Gasteiger partial charge in [0, 0.05) is 25.9 Å². The molecule has 0 amide bonds. The number of methoxy groups -OCH3 is 1. The van der Waals surface area contributed by atoms with E-state index in [-0.39, 0.29) is 0 Å². The molecule has 4 nitrogen and oxygen atoms in total. The highest BCUT2D eigenvalue weighted by Crippen LogP contribution is 1.99. The lowest BCUT2D eigenvalue weighted by molar-refractivity contribution is 0.161. The summed E-state index contributed by atoms with van der Waals surface area (Å²) < 4.78 is 5.17. The Balaban J connectivity index is 2.31. The molecule has 0 aliphatic rings. The number of hydrogen-bond acceptors (Lipinski definition) is 4. The van der Waals surface area contributed by atoms with Crippen molar-refractivity contribution in [3.05, 3.63) is 30.1 Å². The maximum Gasteiger partial charge on any atom is 0.0615 e. The first-order valence-corrected chi connectivity index (χ1v) is 5.69. The molecule has 0 aromatic carbocycles. The molecule has 0 aliphatic carbocycles. The van der Waals surface area contributed by atoms with Gasteiger partial charge in [-0.25, -0.2) is 0 Å². The fourth-order valence-corrected chi connectivity index (χ4v) is 1.56. The SMILES string of the molecule is COCC(CCCN)NCc1ccccn1. The molecule has 1 rings (SSSR count). The number of nitrogens with zero attached hydrogens (tertiary/aromatic N) is 1. The molecule has 0 saturated carbocycles. The second-order valence-electron chi connectivity index (χ2n) is 3.79. The Morgan fingerprint density at radius 3 is 3.00 bits per heavy atom. The van der Waals surface area contributed by atoms with E-state index < -0.39 is 0 Å². The summed E-state index contributed by atoms with van der Waals surface area (Å²) in [6, 6.07) is 6.29. The molecule has 1 aromatic rings. The monoisotopic (exact) mass is 223 g/mol. The fourth-order valence-electron chi connectivity index (χ4n) is 1.56. The van der Waals surface area contributed by atoms with Crippen LogP contribution in [0.4, 0.5) is 0 Å². The summed E-state index contributed by atoms with van der Waals surface area (Å²) in [4.78, 5) is 4.26. The van der Waals surface area contributed by atoms with Crippen LogP contribution >= 0.6 is 0 Å². The lowest BCUT2D eigenvalue weighted by Crippen LogP contribution is -2.33. The summed E-state index contributed by atoms with van der Waals surface area (Å²) in [5.41, 5.74) is 6.55. The van der Waals surface area contributed by atoms with Gasteiger partial charge in [-0.1, -0.05) is 6.07 Å². The average molecular weight is 223 g/mol. The second kappa shape index (κ2) is 8.21. The summed E-state index contributed by atoms with van der Waals surface area (Å²) in [7, 11) is 1.72. The van der Waals surface area contributed by atoms with E-state index >= 15 is 0 Å². The van der Waals surface area contributed by atoms with Crippen molar-refractivity contribution in [3.63, 3.8) is 0 Å². The van der Waals surface area contributed by atoms with Gasteiger partial charge in [-0.15, -0.1) is 0 Å². The molecule has 0 saturated heterocycles. The van der Waals surface area contributed by atoms with Gasteiger partial charge in [-0.05, 0) is 31.5 Å². The van der Waals surface area contributed by atoms with Crippen molar-refractivity contribution in [1.29, 1.82) is 0 Å². The Bertz CT molecular complexity index is 266. The van der Waals surface area contributed by atoms with Gasteiger partial charge in [0.2, 0.25) is 0 Å². The lowest BCUT2D eigenvalue weighted by atomic mass is 10.1. The second-order valence-corrected chi connectivity index (χ2v) is 3.79. The van der Waals surface area contributed by atoms with E-state index in [9.17, 15) is 0 Å². The predicted octanol–water partition coefficient (Wildman–Crippen LogP) is 0.925. The zero-order valence-electron chi connectivity index (χ0n) is 9.86. The van der Waals surface area contributed by atoms with Gasteiger partial charge in [0.1, 0.15) is 0 Å². The molecule has 1 unspecified atom stereocenters. The minimum absolute atomic E-state index is 0.357. The standard InChI is InChI=1S/C12H21N3O/c1-16-10-12(6-4-7-13)15-9-11-5-2-3-8-14-11/h2-3,5,8,12,15H,4,6-7,9-10,13H2,1H3. The Morgan fingerprint density at radius 1 is 1.50 bits per heavy atom. The number of pyridine rings is 1. The molecule has 0 aliphatic heterocycles. The zero-order valence-corrected chi connectivity index (χ0v) is 9.86. The average Bonchev–Trinajstić information content (AvgIpc) is 2.34. The first-order valence-electron chi connectivity index (χ1n) is 5.69. The van der Waals surface area contributed by atoms with Crippen molar-refractivity contribution in [2.75, 3.05) is 20.3 Å². The smallest absolute Gasteiger partial charge is 0.0615 e. The molecular formula is C12H21N3O. The van der Waals surface area contributed by atoms with Gasteiger partial charge in [0.25, 0.3) is 0 Å². The normalized spacial score (nSPS) is 12.6. The number of ether oxygens (including phenoxy) is 1. The van der Waals surface area contributed by atoms with Gasteiger partial charge in [-0.2, -0.15) is 0 Å². The quantitative estimate of drug-likeness (QED) is 0.688. The fraction of sp³-hybridized carbons (Fsp3) is 0.583. The summed E-state index contributed by atoms with van der Waals surface area (Å²) >= 11 is 0. The predicted molar refractivity (Wildman–Crippen MR) is 65.0 cm³/mol. The minimum Gasteiger partial charge on any atom is -0.383 e. The lowest BCUT2D eigenvalue weighted by Gasteiger charge is -2.17. The minimum atomic E-state index is 0.357. The molecular weight excluding hydrogens is 202 g/mol. The number of nitrogens with two attached hydrogens (primary N) is 1. The van der Waals surface area contributed by atoms with E-state index in [2.05, 4.69) is 10.3 Å². The molecule has 1 heterocycles. The summed E-state index contributed by atoms with van der Waals surface area (Å²) in [5, 5.41) is 3.43. The van der Waals surface area contributed by atoms with E-state index in [1.807, 2.05) is 24.4 Å². The summed E-state index contributed by atoms with van der Waals surface area (Å²) in [6.07, 6.45) is 3.86. The van der Waals surface area contributed by atoms with E-state index in [4.69, 9.17) is 10.5 Å². The maximum absolute atomic E-state index is 5.50. The molecule has 16 heavy (non-hydrogen) atoms. The van der Waals surface area contributed by atoms with E-state index in [1.165, 1.54) is 0 Å². The molecule has 1 atom stereocenters. The van der Waals surface area contributed by atoms with Crippen LogP contribution in [0.5, 0.6) is 0 Å². The van der Waals surface area contributed by atoms with Crippen LogP contribution in [0.3, 0.4) is 0 Å². The van der Waals surface area contributed by atoms with Crippen molar-refractivity contribution in [1.82, 2.24) is 10.3 Å². The molecule has 0 fully saturated rings. The first kappa shape index (κ1) is 13.1. The van der Waals surface area contributed by atoms with Gasteiger partial charge < -0.3 is 15.8 Å². The van der Waals surface area contributed by atoms with Crippen molar-refractivity contribution in [3.8, 4) is 0 Å². The van der Waals surface area contributed by atoms with Gasteiger partial charge in [-0.3, -0.25) is 4.98 Å². The van der Waals surface area contributed by atoms with Crippen molar-refractivity contribution >= 4 is 0 Å². The number of nitrogens with one attached hydrogen (secondary N) is 1. The van der Waals surface area contributed by atoms with Crippen LogP contribution in [-0.2, 0) is 11.3 Å². The topological polar surface area (TPSA) is 60.2 Å². The first-order chi connectivity index (χ1) is 7.86. The van der Waals surface area contributed by atoms with Gasteiger partial charge >= 0.3 is 0 Å². The van der Waals surface area contributed by atoms with E-state index in [1.54, 1.807) is 7.11 Å². The highest BCUT2D eigenvalue weighted by molar-refractivity contribution is 5.03. The van der Waals surface area contributed by atoms with Crippen LogP contribution in [0.25, 0.3) is 0 Å². The van der Waals surface area contributed by atoms with Gasteiger partial charge in [0.05, 0.1) is 12.3 Å². The number of aromatic nitrogens is 1. The van der Waals surface area contributed by atoms with Crippen LogP contribution in [0.15, 0.2) is 24.4 Å². The van der Waals surface area contributed by atoms with E-state index in [0.29, 0.717) is 12.6 Å². The molecule has 3 N–H and O–H groups in total. The van der Waals surface area contributed by atoms with Crippen LogP contribution < -0.4 is 11.1 Å². The molecule has 0 bridgehead atoms. The molecule has 0 spiro atoms. The van der Waals surface area contributed by atoms with Crippen LogP contribution in [0.1, 0.15) is 18.5 Å². The Hall–Kier alpha value is -0.970. The third kappa shape index (κ3) is 5.21. The zero-order chi connectivity index (χ0) is 11.6. The number of hydrogen-bond donors (Lipinski definition) is 2. The molecule has 90 valence electrons. The number of rotatable bonds is 8. The third-order valence-corrected chi connectivity index (χ3v) is 2.42. The Morgan fingerprint density at radius 2 is 2.38 bits per heavy atom. The maximum atomic E-state index is 5.50. The highest BCUT2D eigenvalue weighted by Gasteiger charge is 2.07. The third-order valence-electron chi connectivity index (χ3n) is 2.42. The van der Waals surface area contributed by atoms with E-state index in [0.717, 1.165) is 31.6 Å². The van der Waals surface area contributed by atoms with Crippen molar-refractivity contribution in [2.24, 2.45) is 5.73 Å². The Kier molecular flexibility index (Phi) is 6.72. The van der Waals surface area contributed by atoms with Crippen molar-refractivity contribution in [2.45, 2.75) is 25.4 Å².